The molecule has 4 aliphatic rings. The Morgan fingerprint density at radius 3 is 2.31 bits per heavy atom. The van der Waals surface area contributed by atoms with Crippen LogP contribution in [0.5, 0.6) is 0 Å². The van der Waals surface area contributed by atoms with Gasteiger partial charge in [0.05, 0.1) is 12.7 Å². The molecular weight excluding hydrogens is 590 g/mol. The average Bonchev–Trinajstić information content (AvgIpc) is 3.33. The lowest BCUT2D eigenvalue weighted by Crippen LogP contribution is -2.59. The molecule has 0 spiro atoms. The third kappa shape index (κ3) is 8.28. The molecule has 11 atom stereocenters. The van der Waals surface area contributed by atoms with Crippen molar-refractivity contribution in [1.29, 1.82) is 0 Å². The molecule has 4 saturated carbocycles. The number of aliphatic hydroxyl groups excluding tert-OH is 2. The molecular formula is C35H67N3O6S. The Balaban J connectivity index is 1.35. The highest BCUT2D eigenvalue weighted by molar-refractivity contribution is 7.80. The second-order valence-corrected chi connectivity index (χ2v) is 17.5. The van der Waals surface area contributed by atoms with Gasteiger partial charge < -0.3 is 26.6 Å². The quantitative estimate of drug-likeness (QED) is 0.0946. The second kappa shape index (κ2) is 15.5. The SMILES string of the molecule is CC(C)C(CO)(CC[C@@H](C)C1CCC2C3C(O)C[C@H]4C[C@@H](NCCCNCCCCN)CC[C@]4(C)C3CC[C@@]21C)OS(=O)(=O)O. The lowest BCUT2D eigenvalue weighted by Gasteiger charge is -2.62. The van der Waals surface area contributed by atoms with Gasteiger partial charge >= 0.3 is 10.4 Å². The first-order chi connectivity index (χ1) is 21.2. The number of unbranched alkanes of at least 4 members (excludes halogenated alkanes) is 1. The maximum atomic E-state index is 11.8. The van der Waals surface area contributed by atoms with Crippen LogP contribution in [0.4, 0.5) is 0 Å². The highest BCUT2D eigenvalue weighted by Crippen LogP contribution is 2.68. The Kier molecular flexibility index (Phi) is 12.9. The van der Waals surface area contributed by atoms with Crippen molar-refractivity contribution in [3.8, 4) is 0 Å². The first-order valence-corrected chi connectivity index (χ1v) is 19.7. The van der Waals surface area contributed by atoms with Crippen molar-refractivity contribution in [2.75, 3.05) is 32.8 Å². The molecule has 7 N–H and O–H groups in total. The van der Waals surface area contributed by atoms with E-state index in [0.29, 0.717) is 53.4 Å². The molecule has 4 fully saturated rings. The van der Waals surface area contributed by atoms with Crippen LogP contribution in [0.3, 0.4) is 0 Å². The normalized spacial score (nSPS) is 38.8. The highest BCUT2D eigenvalue weighted by Gasteiger charge is 2.63. The Hall–Kier alpha value is -0.330. The molecule has 10 heteroatoms. The zero-order chi connectivity index (χ0) is 33.0. The zero-order valence-corrected chi connectivity index (χ0v) is 29.8. The molecule has 6 unspecified atom stereocenters. The van der Waals surface area contributed by atoms with Crippen molar-refractivity contribution >= 4 is 10.4 Å². The van der Waals surface area contributed by atoms with Crippen LogP contribution in [-0.4, -0.2) is 73.7 Å². The number of rotatable bonds is 17. The first kappa shape index (κ1) is 37.5. The van der Waals surface area contributed by atoms with E-state index in [1.807, 2.05) is 13.8 Å². The second-order valence-electron chi connectivity index (χ2n) is 16.5. The summed E-state index contributed by atoms with van der Waals surface area (Å²) in [6.07, 6.45) is 13.4. The fourth-order valence-corrected chi connectivity index (χ4v) is 11.8. The molecule has 0 aliphatic heterocycles. The Morgan fingerprint density at radius 2 is 1.64 bits per heavy atom. The van der Waals surface area contributed by atoms with Gasteiger partial charge in [-0.15, -0.1) is 0 Å². The number of hydrogen-bond acceptors (Lipinski definition) is 8. The van der Waals surface area contributed by atoms with Crippen molar-refractivity contribution in [3.05, 3.63) is 0 Å². The Bertz CT molecular complexity index is 1050. The number of nitrogens with one attached hydrogen (secondary N) is 2. The minimum atomic E-state index is -4.68. The smallest absolute Gasteiger partial charge is 0.393 e. The highest BCUT2D eigenvalue weighted by atomic mass is 32.3. The van der Waals surface area contributed by atoms with E-state index in [-0.39, 0.29) is 17.4 Å². The third-order valence-corrected chi connectivity index (χ3v) is 14.4. The summed E-state index contributed by atoms with van der Waals surface area (Å²) in [6, 6.07) is 0.552. The molecule has 0 amide bonds. The van der Waals surface area contributed by atoms with E-state index in [4.69, 9.17) is 9.92 Å². The lowest BCUT2D eigenvalue weighted by molar-refractivity contribution is -0.167. The maximum Gasteiger partial charge on any atom is 0.397 e. The van der Waals surface area contributed by atoms with Gasteiger partial charge in [0.25, 0.3) is 0 Å². The van der Waals surface area contributed by atoms with Crippen LogP contribution in [-0.2, 0) is 14.6 Å². The standard InChI is InChI=1S/C35H67N3O6S/c1-24(2)35(23-39,44-45(41,42)43)16-11-25(3)28-9-10-29-32-30(13-15-34(28,29)5)33(4)14-12-27(21-26(33)22-31(32)40)38-20-8-19-37-18-7-6-17-36/h24-32,37-40H,6-23,36H2,1-5H3,(H,41,42,43)/t25-,26-,27+,28?,29?,30?,31?,32?,33+,34-,35?/m1/s1. The monoisotopic (exact) mass is 657 g/mol. The topological polar surface area (TPSA) is 154 Å². The maximum absolute atomic E-state index is 11.8. The van der Waals surface area contributed by atoms with E-state index in [0.717, 1.165) is 71.1 Å². The molecule has 0 heterocycles. The van der Waals surface area contributed by atoms with Crippen LogP contribution in [0, 0.1) is 52.3 Å². The molecule has 0 radical (unpaired) electrons. The molecule has 0 bridgehead atoms. The predicted octanol–water partition coefficient (Wildman–Crippen LogP) is 4.92. The summed E-state index contributed by atoms with van der Waals surface area (Å²) in [5.41, 5.74) is 4.70. The fourth-order valence-electron chi connectivity index (χ4n) is 11.0. The van der Waals surface area contributed by atoms with Gasteiger partial charge in [-0.05, 0) is 162 Å². The average molecular weight is 658 g/mol. The van der Waals surface area contributed by atoms with Crippen LogP contribution in [0.1, 0.15) is 118 Å². The van der Waals surface area contributed by atoms with Gasteiger partial charge in [0.1, 0.15) is 5.60 Å². The summed E-state index contributed by atoms with van der Waals surface area (Å²) in [5, 5.41) is 29.4. The molecule has 0 aromatic heterocycles. The molecule has 45 heavy (non-hydrogen) atoms. The fraction of sp³-hybridized carbons (Fsp3) is 1.00. The first-order valence-electron chi connectivity index (χ1n) is 18.3. The van der Waals surface area contributed by atoms with Gasteiger partial charge in [-0.2, -0.15) is 8.42 Å². The number of fused-ring (bicyclic) bond motifs is 5. The van der Waals surface area contributed by atoms with Crippen LogP contribution in [0.2, 0.25) is 0 Å². The summed E-state index contributed by atoms with van der Waals surface area (Å²) >= 11 is 0. The van der Waals surface area contributed by atoms with Gasteiger partial charge in [-0.25, -0.2) is 4.18 Å². The molecule has 9 nitrogen and oxygen atoms in total. The summed E-state index contributed by atoms with van der Waals surface area (Å²) in [4.78, 5) is 0. The van der Waals surface area contributed by atoms with Crippen LogP contribution < -0.4 is 16.4 Å². The van der Waals surface area contributed by atoms with Gasteiger partial charge in [-0.3, -0.25) is 4.55 Å². The molecule has 4 aliphatic carbocycles. The predicted molar refractivity (Wildman–Crippen MR) is 180 cm³/mol. The van der Waals surface area contributed by atoms with Crippen molar-refractivity contribution < 1.29 is 27.4 Å². The lowest BCUT2D eigenvalue weighted by atomic mass is 9.43. The van der Waals surface area contributed by atoms with E-state index in [9.17, 15) is 23.2 Å². The van der Waals surface area contributed by atoms with Crippen LogP contribution in [0.15, 0.2) is 0 Å². The summed E-state index contributed by atoms with van der Waals surface area (Å²) in [5.74, 6) is 2.52. The van der Waals surface area contributed by atoms with Crippen molar-refractivity contribution in [2.24, 2.45) is 58.0 Å². The molecule has 264 valence electrons. The van der Waals surface area contributed by atoms with E-state index in [2.05, 4.69) is 31.4 Å². The third-order valence-electron chi connectivity index (χ3n) is 13.8. The molecule has 0 saturated heterocycles. The summed E-state index contributed by atoms with van der Waals surface area (Å²) in [6.45, 7) is 14.4. The largest absolute Gasteiger partial charge is 0.397 e. The van der Waals surface area contributed by atoms with Crippen LogP contribution in [0.25, 0.3) is 0 Å². The minimum Gasteiger partial charge on any atom is -0.393 e. The Labute approximate surface area is 274 Å². The van der Waals surface area contributed by atoms with Crippen LogP contribution >= 0.6 is 0 Å². The molecule has 0 aromatic carbocycles. The van der Waals surface area contributed by atoms with Crippen molar-refractivity contribution in [1.82, 2.24) is 10.6 Å². The van der Waals surface area contributed by atoms with E-state index in [1.54, 1.807) is 0 Å². The number of nitrogens with two attached hydrogens (primary N) is 1. The molecule has 0 aromatic rings. The van der Waals surface area contributed by atoms with Gasteiger partial charge in [0.15, 0.2) is 0 Å². The summed E-state index contributed by atoms with van der Waals surface area (Å²) in [7, 11) is -4.68. The van der Waals surface area contributed by atoms with Gasteiger partial charge in [0.2, 0.25) is 0 Å². The van der Waals surface area contributed by atoms with E-state index < -0.39 is 22.6 Å². The molecule has 4 rings (SSSR count). The Morgan fingerprint density at radius 1 is 0.956 bits per heavy atom. The van der Waals surface area contributed by atoms with Crippen molar-refractivity contribution in [2.45, 2.75) is 136 Å². The summed E-state index contributed by atoms with van der Waals surface area (Å²) < 4.78 is 37.9. The number of hydrogen-bond donors (Lipinski definition) is 6. The van der Waals surface area contributed by atoms with Gasteiger partial charge in [-0.1, -0.05) is 34.6 Å². The van der Waals surface area contributed by atoms with Gasteiger partial charge in [0, 0.05) is 6.04 Å². The zero-order valence-electron chi connectivity index (χ0n) is 29.0. The van der Waals surface area contributed by atoms with E-state index >= 15 is 0 Å². The van der Waals surface area contributed by atoms with E-state index in [1.165, 1.54) is 32.1 Å². The minimum absolute atomic E-state index is 0.144. The van der Waals surface area contributed by atoms with Crippen molar-refractivity contribution in [3.63, 3.8) is 0 Å². The number of aliphatic hydroxyl groups is 2.